The molecular weight excluding hydrogens is 467 g/mol. The minimum absolute atomic E-state index is 0.121. The van der Waals surface area contributed by atoms with E-state index in [1.165, 1.54) is 4.90 Å². The molecule has 0 fully saturated rings. The zero-order valence-electron chi connectivity index (χ0n) is 17.1. The van der Waals surface area contributed by atoms with Crippen LogP contribution in [0.4, 0.5) is 11.4 Å². The number of amides is 2. The fourth-order valence-corrected chi connectivity index (χ4v) is 5.22. The molecule has 0 saturated heterocycles. The Hall–Kier alpha value is -3.42. The van der Waals surface area contributed by atoms with Gasteiger partial charge in [0, 0.05) is 33.0 Å². The van der Waals surface area contributed by atoms with Crippen LogP contribution in [0.2, 0.25) is 10.0 Å². The second-order valence-electron chi connectivity index (χ2n) is 8.01. The summed E-state index contributed by atoms with van der Waals surface area (Å²) in [4.78, 5) is 28.3. The maximum Gasteiger partial charge on any atom is 0.246 e. The van der Waals surface area contributed by atoms with E-state index >= 15 is 0 Å². The van der Waals surface area contributed by atoms with Crippen LogP contribution in [-0.4, -0.2) is 31.8 Å². The molecule has 1 atom stereocenters. The third-order valence-electron chi connectivity index (χ3n) is 6.09. The van der Waals surface area contributed by atoms with Crippen LogP contribution in [0, 0.1) is 0 Å². The molecule has 1 spiro atoms. The van der Waals surface area contributed by atoms with Crippen molar-refractivity contribution in [1.82, 2.24) is 0 Å². The van der Waals surface area contributed by atoms with E-state index in [4.69, 9.17) is 37.4 Å². The molecule has 3 aliphatic heterocycles. The fourth-order valence-electron chi connectivity index (χ4n) is 4.69. The van der Waals surface area contributed by atoms with Gasteiger partial charge in [-0.15, -0.1) is 0 Å². The van der Waals surface area contributed by atoms with E-state index in [1.807, 2.05) is 24.3 Å². The Bertz CT molecular complexity index is 1320. The largest absolute Gasteiger partial charge is 0.491 e. The molecule has 33 heavy (non-hydrogen) atoms. The molecule has 1 N–H and O–H groups in total. The van der Waals surface area contributed by atoms with E-state index in [9.17, 15) is 9.59 Å². The lowest BCUT2D eigenvalue weighted by molar-refractivity contribution is -0.124. The van der Waals surface area contributed by atoms with E-state index in [-0.39, 0.29) is 31.8 Å². The molecule has 1 unspecified atom stereocenters. The average Bonchev–Trinajstić information content (AvgIpc) is 3.44. The number of rotatable bonds is 3. The van der Waals surface area contributed by atoms with Crippen molar-refractivity contribution in [3.63, 3.8) is 0 Å². The summed E-state index contributed by atoms with van der Waals surface area (Å²) in [6.45, 7) is 0.0697. The number of benzene rings is 3. The van der Waals surface area contributed by atoms with E-state index in [0.717, 1.165) is 5.56 Å². The molecule has 0 aromatic heterocycles. The molecule has 3 aromatic rings. The van der Waals surface area contributed by atoms with Gasteiger partial charge in [-0.05, 0) is 35.9 Å². The first-order valence-corrected chi connectivity index (χ1v) is 11.0. The second-order valence-corrected chi connectivity index (χ2v) is 8.88. The van der Waals surface area contributed by atoms with E-state index < -0.39 is 5.41 Å². The van der Waals surface area contributed by atoms with Crippen molar-refractivity contribution in [2.45, 2.75) is 5.41 Å². The average molecular weight is 483 g/mol. The fraction of sp³-hybridized carbons (Fsp3) is 0.167. The molecule has 3 aromatic carbocycles. The molecule has 0 radical (unpaired) electrons. The Kier molecular flexibility index (Phi) is 4.47. The standard InChI is InChI=1S/C24H16Cl2N2O5/c25-13-5-14(26)7-15(6-13)27-22(29)10-28-18-4-2-1-3-16(18)24(23(28)30)11-31-19-9-21-20(8-17(19)24)32-12-33-21/h1-9H,10-12H2,(H,27,29). The predicted octanol–water partition coefficient (Wildman–Crippen LogP) is 4.39. The van der Waals surface area contributed by atoms with Gasteiger partial charge in [0.1, 0.15) is 24.3 Å². The van der Waals surface area contributed by atoms with Crippen molar-refractivity contribution < 1.29 is 23.8 Å². The molecule has 0 saturated carbocycles. The van der Waals surface area contributed by atoms with Crippen LogP contribution in [0.3, 0.4) is 0 Å². The van der Waals surface area contributed by atoms with Crippen LogP contribution < -0.4 is 24.4 Å². The third kappa shape index (κ3) is 3.03. The van der Waals surface area contributed by atoms with Crippen LogP contribution in [0.1, 0.15) is 11.1 Å². The quantitative estimate of drug-likeness (QED) is 0.599. The zero-order valence-corrected chi connectivity index (χ0v) is 18.6. The topological polar surface area (TPSA) is 77.1 Å². The maximum atomic E-state index is 13.9. The van der Waals surface area contributed by atoms with Crippen molar-refractivity contribution in [1.29, 1.82) is 0 Å². The molecule has 7 nitrogen and oxygen atoms in total. The number of carbonyl (C=O) groups excluding carboxylic acids is 2. The number of nitrogens with zero attached hydrogens (tertiary/aromatic N) is 1. The Morgan fingerprint density at radius 1 is 0.939 bits per heavy atom. The Morgan fingerprint density at radius 3 is 2.45 bits per heavy atom. The number of carbonyl (C=O) groups is 2. The number of anilines is 2. The molecule has 9 heteroatoms. The molecule has 0 bridgehead atoms. The predicted molar refractivity (Wildman–Crippen MR) is 123 cm³/mol. The summed E-state index contributed by atoms with van der Waals surface area (Å²) in [5.74, 6) is 1.11. The number of para-hydroxylation sites is 1. The van der Waals surface area contributed by atoms with Gasteiger partial charge in [-0.3, -0.25) is 9.59 Å². The molecular formula is C24H16Cl2N2O5. The van der Waals surface area contributed by atoms with E-state index in [0.29, 0.717) is 44.2 Å². The van der Waals surface area contributed by atoms with Gasteiger partial charge in [-0.1, -0.05) is 41.4 Å². The van der Waals surface area contributed by atoms with Gasteiger partial charge in [0.05, 0.1) is 0 Å². The van der Waals surface area contributed by atoms with E-state index in [1.54, 1.807) is 30.3 Å². The van der Waals surface area contributed by atoms with Crippen molar-refractivity contribution in [2.75, 3.05) is 30.2 Å². The van der Waals surface area contributed by atoms with Crippen molar-refractivity contribution in [2.24, 2.45) is 0 Å². The van der Waals surface area contributed by atoms with Gasteiger partial charge in [0.25, 0.3) is 0 Å². The van der Waals surface area contributed by atoms with Gasteiger partial charge in [0.2, 0.25) is 18.6 Å². The van der Waals surface area contributed by atoms with E-state index in [2.05, 4.69) is 5.32 Å². The highest BCUT2D eigenvalue weighted by atomic mass is 35.5. The number of nitrogens with one attached hydrogen (secondary N) is 1. The highest BCUT2D eigenvalue weighted by molar-refractivity contribution is 6.35. The summed E-state index contributed by atoms with van der Waals surface area (Å²) in [5, 5.41) is 3.57. The molecule has 2 amide bonds. The van der Waals surface area contributed by atoms with Gasteiger partial charge in [-0.2, -0.15) is 0 Å². The highest BCUT2D eigenvalue weighted by Gasteiger charge is 2.57. The Morgan fingerprint density at radius 2 is 1.67 bits per heavy atom. The summed E-state index contributed by atoms with van der Waals surface area (Å²) in [6.07, 6.45) is 0. The highest BCUT2D eigenvalue weighted by Crippen LogP contribution is 2.54. The smallest absolute Gasteiger partial charge is 0.246 e. The summed E-state index contributed by atoms with van der Waals surface area (Å²) in [7, 11) is 0. The molecule has 3 aliphatic rings. The maximum absolute atomic E-state index is 13.9. The lowest BCUT2D eigenvalue weighted by atomic mass is 9.77. The van der Waals surface area contributed by atoms with Crippen molar-refractivity contribution in [3.05, 3.63) is 75.8 Å². The van der Waals surface area contributed by atoms with Gasteiger partial charge in [0.15, 0.2) is 11.5 Å². The van der Waals surface area contributed by atoms with Crippen LogP contribution in [0.5, 0.6) is 17.2 Å². The molecule has 3 heterocycles. The number of halogens is 2. The molecule has 166 valence electrons. The van der Waals surface area contributed by atoms with Crippen molar-refractivity contribution in [3.8, 4) is 17.2 Å². The second kappa shape index (κ2) is 7.30. The summed E-state index contributed by atoms with van der Waals surface area (Å²) >= 11 is 12.1. The summed E-state index contributed by atoms with van der Waals surface area (Å²) in [6, 6.07) is 15.7. The minimum atomic E-state index is -1.06. The first kappa shape index (κ1) is 20.2. The monoisotopic (exact) mass is 482 g/mol. The van der Waals surface area contributed by atoms with Crippen LogP contribution >= 0.6 is 23.2 Å². The summed E-state index contributed by atoms with van der Waals surface area (Å²) in [5.41, 5.74) is 1.54. The van der Waals surface area contributed by atoms with Crippen LogP contribution in [0.15, 0.2) is 54.6 Å². The Labute approximate surface area is 198 Å². The number of hydrogen-bond acceptors (Lipinski definition) is 5. The summed E-state index contributed by atoms with van der Waals surface area (Å²) < 4.78 is 16.9. The van der Waals surface area contributed by atoms with Gasteiger partial charge < -0.3 is 24.4 Å². The van der Waals surface area contributed by atoms with Gasteiger partial charge >= 0.3 is 0 Å². The first-order valence-electron chi connectivity index (χ1n) is 10.2. The lowest BCUT2D eigenvalue weighted by Gasteiger charge is -2.23. The van der Waals surface area contributed by atoms with Crippen LogP contribution in [-0.2, 0) is 15.0 Å². The third-order valence-corrected chi connectivity index (χ3v) is 6.53. The first-order chi connectivity index (χ1) is 16.0. The SMILES string of the molecule is O=C(CN1C(=O)C2(COc3cc4c(cc32)OCO4)c2ccccc21)Nc1cc(Cl)cc(Cl)c1. The van der Waals surface area contributed by atoms with Gasteiger partial charge in [-0.25, -0.2) is 0 Å². The Balaban J connectivity index is 1.36. The minimum Gasteiger partial charge on any atom is -0.491 e. The lowest BCUT2D eigenvalue weighted by Crippen LogP contribution is -2.45. The molecule has 6 rings (SSSR count). The van der Waals surface area contributed by atoms with Crippen molar-refractivity contribution >= 4 is 46.4 Å². The number of hydrogen-bond donors (Lipinski definition) is 1. The number of fused-ring (bicyclic) bond motifs is 5. The molecule has 0 aliphatic carbocycles. The normalized spacial score (nSPS) is 19.5. The number of ether oxygens (including phenoxy) is 3. The van der Waals surface area contributed by atoms with Crippen LogP contribution in [0.25, 0.3) is 0 Å². The zero-order chi connectivity index (χ0) is 22.7.